The van der Waals surface area contributed by atoms with Crippen LogP contribution in [0.5, 0.6) is 5.88 Å². The number of nitrogens with two attached hydrogens (primary N) is 1. The first kappa shape index (κ1) is 12.8. The standard InChI is InChI=1S/C12H19N5O/c1-4-12(13,5-2)7-18-10-6-9(3)16-11-14-8-15-17(10)11/h6,8H,4-5,7,13H2,1-3H3. The molecule has 0 aromatic carbocycles. The van der Waals surface area contributed by atoms with E-state index in [1.807, 2.05) is 13.0 Å². The van der Waals surface area contributed by atoms with Crippen LogP contribution in [0.2, 0.25) is 0 Å². The molecule has 2 N–H and O–H groups in total. The fourth-order valence-corrected chi connectivity index (χ4v) is 1.67. The molecule has 0 spiro atoms. The number of nitrogens with zero attached hydrogens (tertiary/aromatic N) is 4. The van der Waals surface area contributed by atoms with Gasteiger partial charge in [-0.05, 0) is 19.8 Å². The maximum Gasteiger partial charge on any atom is 0.255 e. The zero-order valence-corrected chi connectivity index (χ0v) is 11.1. The van der Waals surface area contributed by atoms with Crippen molar-refractivity contribution in [3.63, 3.8) is 0 Å². The predicted octanol–water partition coefficient (Wildman–Crippen LogP) is 1.33. The van der Waals surface area contributed by atoms with Crippen molar-refractivity contribution in [2.45, 2.75) is 39.2 Å². The molecule has 2 aromatic rings. The molecule has 0 aliphatic carbocycles. The van der Waals surface area contributed by atoms with Crippen LogP contribution in [0.25, 0.3) is 5.78 Å². The second-order valence-corrected chi connectivity index (χ2v) is 4.57. The fraction of sp³-hybridized carbons (Fsp3) is 0.583. The topological polar surface area (TPSA) is 78.3 Å². The van der Waals surface area contributed by atoms with E-state index >= 15 is 0 Å². The number of rotatable bonds is 5. The van der Waals surface area contributed by atoms with Crippen molar-refractivity contribution in [1.82, 2.24) is 19.6 Å². The third-order valence-corrected chi connectivity index (χ3v) is 3.26. The van der Waals surface area contributed by atoms with Gasteiger partial charge in [-0.15, -0.1) is 0 Å². The monoisotopic (exact) mass is 249 g/mol. The smallest absolute Gasteiger partial charge is 0.255 e. The summed E-state index contributed by atoms with van der Waals surface area (Å²) in [6.07, 6.45) is 3.20. The zero-order valence-electron chi connectivity index (χ0n) is 11.1. The van der Waals surface area contributed by atoms with Gasteiger partial charge in [0.15, 0.2) is 0 Å². The molecule has 6 nitrogen and oxygen atoms in total. The average Bonchev–Trinajstić information content (AvgIpc) is 2.83. The molecule has 0 amide bonds. The van der Waals surface area contributed by atoms with Crippen molar-refractivity contribution in [3.8, 4) is 5.88 Å². The lowest BCUT2D eigenvalue weighted by Crippen LogP contribution is -2.44. The van der Waals surface area contributed by atoms with Crippen molar-refractivity contribution in [2.24, 2.45) is 5.73 Å². The van der Waals surface area contributed by atoms with Gasteiger partial charge in [-0.1, -0.05) is 13.8 Å². The fourth-order valence-electron chi connectivity index (χ4n) is 1.67. The van der Waals surface area contributed by atoms with E-state index in [1.54, 1.807) is 4.52 Å². The molecule has 2 heterocycles. The number of ether oxygens (including phenoxy) is 1. The largest absolute Gasteiger partial charge is 0.476 e. The maximum absolute atomic E-state index is 6.22. The molecule has 0 unspecified atom stereocenters. The first-order chi connectivity index (χ1) is 8.58. The van der Waals surface area contributed by atoms with E-state index in [0.717, 1.165) is 18.5 Å². The van der Waals surface area contributed by atoms with Gasteiger partial charge in [-0.25, -0.2) is 4.98 Å². The Bertz CT molecular complexity index is 532. The Balaban J connectivity index is 2.24. The summed E-state index contributed by atoms with van der Waals surface area (Å²) in [4.78, 5) is 8.31. The third-order valence-electron chi connectivity index (χ3n) is 3.26. The molecule has 0 radical (unpaired) electrons. The summed E-state index contributed by atoms with van der Waals surface area (Å²) in [6.45, 7) is 6.49. The molecule has 2 rings (SSSR count). The average molecular weight is 249 g/mol. The number of hydrogen-bond donors (Lipinski definition) is 1. The molecule has 6 heteroatoms. The summed E-state index contributed by atoms with van der Waals surface area (Å²) < 4.78 is 7.38. The first-order valence-electron chi connectivity index (χ1n) is 6.17. The Morgan fingerprint density at radius 2 is 2.11 bits per heavy atom. The summed E-state index contributed by atoms with van der Waals surface area (Å²) >= 11 is 0. The molecule has 18 heavy (non-hydrogen) atoms. The highest BCUT2D eigenvalue weighted by Gasteiger charge is 2.22. The van der Waals surface area contributed by atoms with Gasteiger partial charge in [0, 0.05) is 17.3 Å². The normalized spacial score (nSPS) is 12.0. The van der Waals surface area contributed by atoms with Crippen LogP contribution in [0.1, 0.15) is 32.4 Å². The highest BCUT2D eigenvalue weighted by atomic mass is 16.5. The van der Waals surface area contributed by atoms with Crippen LogP contribution >= 0.6 is 0 Å². The molecule has 0 bridgehead atoms. The first-order valence-corrected chi connectivity index (χ1v) is 6.17. The lowest BCUT2D eigenvalue weighted by Gasteiger charge is -2.26. The van der Waals surface area contributed by atoms with E-state index in [1.165, 1.54) is 6.33 Å². The minimum Gasteiger partial charge on any atom is -0.476 e. The van der Waals surface area contributed by atoms with Crippen molar-refractivity contribution in [3.05, 3.63) is 18.1 Å². The van der Waals surface area contributed by atoms with Crippen LogP contribution in [-0.4, -0.2) is 31.7 Å². The lowest BCUT2D eigenvalue weighted by atomic mass is 9.96. The molecule has 0 atom stereocenters. The number of aromatic nitrogens is 4. The van der Waals surface area contributed by atoms with E-state index in [2.05, 4.69) is 28.9 Å². The van der Waals surface area contributed by atoms with E-state index in [9.17, 15) is 0 Å². The molecule has 0 fully saturated rings. The van der Waals surface area contributed by atoms with Gasteiger partial charge in [-0.2, -0.15) is 14.6 Å². The molecule has 0 aliphatic rings. The summed E-state index contributed by atoms with van der Waals surface area (Å²) in [5.74, 6) is 1.17. The van der Waals surface area contributed by atoms with Crippen molar-refractivity contribution < 1.29 is 4.74 Å². The van der Waals surface area contributed by atoms with Crippen LogP contribution in [-0.2, 0) is 0 Å². The van der Waals surface area contributed by atoms with Crippen LogP contribution in [0.4, 0.5) is 0 Å². The SMILES string of the molecule is CCC(N)(CC)COc1cc(C)nc2ncnn12. The Kier molecular flexibility index (Phi) is 3.47. The molecule has 2 aromatic heterocycles. The lowest BCUT2D eigenvalue weighted by molar-refractivity contribution is 0.196. The summed E-state index contributed by atoms with van der Waals surface area (Å²) in [7, 11) is 0. The Labute approximate surface area is 106 Å². The Hall–Kier alpha value is -1.69. The molecular weight excluding hydrogens is 230 g/mol. The van der Waals surface area contributed by atoms with Crippen LogP contribution in [0, 0.1) is 6.92 Å². The van der Waals surface area contributed by atoms with Crippen molar-refractivity contribution in [1.29, 1.82) is 0 Å². The number of fused-ring (bicyclic) bond motifs is 1. The Morgan fingerprint density at radius 3 is 2.78 bits per heavy atom. The highest BCUT2D eigenvalue weighted by Crippen LogP contribution is 2.17. The molecule has 98 valence electrons. The van der Waals surface area contributed by atoms with Gasteiger partial charge in [0.2, 0.25) is 5.88 Å². The Morgan fingerprint density at radius 1 is 1.39 bits per heavy atom. The van der Waals surface area contributed by atoms with Gasteiger partial charge in [-0.3, -0.25) is 0 Å². The molecule has 0 aliphatic heterocycles. The van der Waals surface area contributed by atoms with Crippen molar-refractivity contribution in [2.75, 3.05) is 6.61 Å². The van der Waals surface area contributed by atoms with Gasteiger partial charge in [0.25, 0.3) is 5.78 Å². The van der Waals surface area contributed by atoms with E-state index < -0.39 is 0 Å². The third kappa shape index (κ3) is 2.43. The van der Waals surface area contributed by atoms with Crippen LogP contribution in [0.3, 0.4) is 0 Å². The predicted molar refractivity (Wildman–Crippen MR) is 68.5 cm³/mol. The van der Waals surface area contributed by atoms with E-state index in [-0.39, 0.29) is 5.54 Å². The summed E-state index contributed by atoms with van der Waals surface area (Å²) in [5.41, 5.74) is 6.76. The van der Waals surface area contributed by atoms with Gasteiger partial charge in [0.05, 0.1) is 0 Å². The summed E-state index contributed by atoms with van der Waals surface area (Å²) in [5, 5.41) is 4.09. The van der Waals surface area contributed by atoms with E-state index in [4.69, 9.17) is 10.5 Å². The van der Waals surface area contributed by atoms with Crippen molar-refractivity contribution >= 4 is 5.78 Å². The van der Waals surface area contributed by atoms with Gasteiger partial charge >= 0.3 is 0 Å². The second-order valence-electron chi connectivity index (χ2n) is 4.57. The number of hydrogen-bond acceptors (Lipinski definition) is 5. The minimum absolute atomic E-state index is 0.302. The minimum atomic E-state index is -0.302. The molecule has 0 saturated heterocycles. The van der Waals surface area contributed by atoms with Gasteiger partial charge < -0.3 is 10.5 Å². The molecule has 0 saturated carbocycles. The van der Waals surface area contributed by atoms with Gasteiger partial charge in [0.1, 0.15) is 12.9 Å². The summed E-state index contributed by atoms with van der Waals surface area (Å²) in [6, 6.07) is 1.84. The van der Waals surface area contributed by atoms with Crippen LogP contribution < -0.4 is 10.5 Å². The number of aryl methyl sites for hydroxylation is 1. The van der Waals surface area contributed by atoms with Crippen LogP contribution in [0.15, 0.2) is 12.4 Å². The molecular formula is C12H19N5O. The van der Waals surface area contributed by atoms with E-state index in [0.29, 0.717) is 18.3 Å². The quantitative estimate of drug-likeness (QED) is 0.864. The second kappa shape index (κ2) is 4.89. The maximum atomic E-state index is 6.22. The zero-order chi connectivity index (χ0) is 13.2. The highest BCUT2D eigenvalue weighted by molar-refractivity contribution is 5.32.